The summed E-state index contributed by atoms with van der Waals surface area (Å²) in [6, 6.07) is 0.644. The third-order valence-corrected chi connectivity index (χ3v) is 5.03. The van der Waals surface area contributed by atoms with Gasteiger partial charge in [0.1, 0.15) is 11.6 Å². The highest BCUT2D eigenvalue weighted by molar-refractivity contribution is 5.87. The smallest absolute Gasteiger partial charge is 0.408 e. The summed E-state index contributed by atoms with van der Waals surface area (Å²) in [5.41, 5.74) is -2.10. The molecule has 1 heterocycles. The number of rotatable bonds is 5. The van der Waals surface area contributed by atoms with Crippen molar-refractivity contribution in [1.29, 1.82) is 0 Å². The molecule has 0 saturated carbocycles. The maximum absolute atomic E-state index is 14.6. The number of ether oxygens (including phenoxy) is 1. The van der Waals surface area contributed by atoms with E-state index >= 15 is 0 Å². The number of carbonyl (C=O) groups excluding carboxylic acids is 2. The molecule has 1 fully saturated rings. The Kier molecular flexibility index (Phi) is 7.53. The van der Waals surface area contributed by atoms with Crippen LogP contribution in [0, 0.1) is 21.7 Å². The molecule has 0 aliphatic carbocycles. The standard InChI is InChI=1S/C20H28F2N4O5/c1-12(13-6-7-14(26(29)30)16(22)15(13)21)17(23-19(28)31-20(2,3)4)18(27)25-10-8-24(5)9-11-25/h6-7,12,17H,8-11H2,1-5H3,(H,23,28)/t12-,17+/m0/s1. The summed E-state index contributed by atoms with van der Waals surface area (Å²) < 4.78 is 34.1. The predicted octanol–water partition coefficient (Wildman–Crippen LogP) is 2.64. The first-order valence-corrected chi connectivity index (χ1v) is 9.91. The molecule has 0 aromatic heterocycles. The number of piperazine rings is 1. The zero-order chi connectivity index (χ0) is 23.5. The number of halogens is 2. The molecule has 1 N–H and O–H groups in total. The summed E-state index contributed by atoms with van der Waals surface area (Å²) in [5.74, 6) is -4.53. The highest BCUT2D eigenvalue weighted by atomic mass is 19.2. The molecule has 1 aliphatic heterocycles. The van der Waals surface area contributed by atoms with E-state index in [4.69, 9.17) is 4.74 Å². The van der Waals surface area contributed by atoms with Gasteiger partial charge in [-0.05, 0) is 39.4 Å². The Balaban J connectivity index is 2.37. The third-order valence-electron chi connectivity index (χ3n) is 5.03. The van der Waals surface area contributed by atoms with Crippen molar-refractivity contribution >= 4 is 17.7 Å². The van der Waals surface area contributed by atoms with E-state index in [0.29, 0.717) is 26.2 Å². The topological polar surface area (TPSA) is 105 Å². The van der Waals surface area contributed by atoms with E-state index in [1.807, 2.05) is 11.9 Å². The number of likely N-dealkylation sites (N-methyl/N-ethyl adjacent to an activating group) is 1. The van der Waals surface area contributed by atoms with E-state index in [1.54, 1.807) is 20.8 Å². The van der Waals surface area contributed by atoms with Gasteiger partial charge in [-0.3, -0.25) is 14.9 Å². The van der Waals surface area contributed by atoms with Crippen LogP contribution in [0.25, 0.3) is 0 Å². The lowest BCUT2D eigenvalue weighted by atomic mass is 9.91. The SMILES string of the molecule is C[C@@H](c1ccc([N+](=O)[O-])c(F)c1F)[C@@H](NC(=O)OC(C)(C)C)C(=O)N1CCN(C)CC1. The average molecular weight is 442 g/mol. The minimum atomic E-state index is -1.61. The maximum Gasteiger partial charge on any atom is 0.408 e. The van der Waals surface area contributed by atoms with Crippen molar-refractivity contribution in [1.82, 2.24) is 15.1 Å². The summed E-state index contributed by atoms with van der Waals surface area (Å²) in [6.45, 7) is 8.46. The van der Waals surface area contributed by atoms with Crippen LogP contribution < -0.4 is 5.32 Å². The molecule has 0 spiro atoms. The van der Waals surface area contributed by atoms with Crippen molar-refractivity contribution in [3.63, 3.8) is 0 Å². The molecule has 9 nitrogen and oxygen atoms in total. The van der Waals surface area contributed by atoms with E-state index in [-0.39, 0.29) is 5.56 Å². The molecule has 2 amide bonds. The molecule has 1 aromatic rings. The number of nitrogens with zero attached hydrogens (tertiary/aromatic N) is 3. The van der Waals surface area contributed by atoms with Crippen molar-refractivity contribution in [2.24, 2.45) is 0 Å². The van der Waals surface area contributed by atoms with Crippen LogP contribution in [-0.4, -0.2) is 71.6 Å². The van der Waals surface area contributed by atoms with E-state index in [9.17, 15) is 28.5 Å². The summed E-state index contributed by atoms with van der Waals surface area (Å²) >= 11 is 0. The largest absolute Gasteiger partial charge is 0.444 e. The summed E-state index contributed by atoms with van der Waals surface area (Å²) in [5, 5.41) is 13.3. The van der Waals surface area contributed by atoms with Crippen molar-refractivity contribution in [2.45, 2.75) is 45.3 Å². The molecule has 172 valence electrons. The number of nitro groups is 1. The van der Waals surface area contributed by atoms with Crippen LogP contribution in [0.5, 0.6) is 0 Å². The fourth-order valence-corrected chi connectivity index (χ4v) is 3.29. The maximum atomic E-state index is 14.6. The van der Waals surface area contributed by atoms with E-state index in [1.165, 1.54) is 11.8 Å². The number of amides is 2. The lowest BCUT2D eigenvalue weighted by Crippen LogP contribution is -2.56. The Morgan fingerprint density at radius 2 is 1.74 bits per heavy atom. The second-order valence-electron chi connectivity index (χ2n) is 8.60. The minimum Gasteiger partial charge on any atom is -0.444 e. The second-order valence-corrected chi connectivity index (χ2v) is 8.60. The molecule has 0 radical (unpaired) electrons. The molecule has 11 heteroatoms. The van der Waals surface area contributed by atoms with E-state index in [2.05, 4.69) is 5.32 Å². The van der Waals surface area contributed by atoms with Gasteiger partial charge in [-0.25, -0.2) is 9.18 Å². The number of benzene rings is 1. The van der Waals surface area contributed by atoms with Crippen molar-refractivity contribution < 1.29 is 28.0 Å². The van der Waals surface area contributed by atoms with Gasteiger partial charge in [-0.1, -0.05) is 6.92 Å². The van der Waals surface area contributed by atoms with Gasteiger partial charge in [-0.15, -0.1) is 0 Å². The number of hydrogen-bond acceptors (Lipinski definition) is 6. The minimum absolute atomic E-state index is 0.258. The number of nitro benzene ring substituents is 1. The highest BCUT2D eigenvalue weighted by Gasteiger charge is 2.36. The fourth-order valence-electron chi connectivity index (χ4n) is 3.29. The summed E-state index contributed by atoms with van der Waals surface area (Å²) in [6.07, 6.45) is -0.880. The van der Waals surface area contributed by atoms with Crippen LogP contribution in [0.3, 0.4) is 0 Å². The molecular formula is C20H28F2N4O5. The van der Waals surface area contributed by atoms with Gasteiger partial charge < -0.3 is 19.9 Å². The van der Waals surface area contributed by atoms with Crippen molar-refractivity contribution in [2.75, 3.05) is 33.2 Å². The first-order chi connectivity index (χ1) is 14.3. The Bertz CT molecular complexity index is 851. The molecule has 1 saturated heterocycles. The van der Waals surface area contributed by atoms with Crippen LogP contribution in [0.2, 0.25) is 0 Å². The van der Waals surface area contributed by atoms with Crippen molar-refractivity contribution in [3.05, 3.63) is 39.4 Å². The lowest BCUT2D eigenvalue weighted by molar-refractivity contribution is -0.387. The fraction of sp³-hybridized carbons (Fsp3) is 0.600. The van der Waals surface area contributed by atoms with Crippen LogP contribution in [0.1, 0.15) is 39.2 Å². The zero-order valence-corrected chi connectivity index (χ0v) is 18.3. The van der Waals surface area contributed by atoms with Gasteiger partial charge >= 0.3 is 11.8 Å². The van der Waals surface area contributed by atoms with E-state index < -0.39 is 51.8 Å². The molecule has 31 heavy (non-hydrogen) atoms. The van der Waals surface area contributed by atoms with Gasteiger partial charge in [-0.2, -0.15) is 4.39 Å². The molecule has 2 rings (SSSR count). The first-order valence-electron chi connectivity index (χ1n) is 9.91. The Morgan fingerprint density at radius 1 is 1.16 bits per heavy atom. The monoisotopic (exact) mass is 442 g/mol. The molecular weight excluding hydrogens is 414 g/mol. The second kappa shape index (κ2) is 9.54. The average Bonchev–Trinajstić information content (AvgIpc) is 2.66. The molecule has 0 bridgehead atoms. The quantitative estimate of drug-likeness (QED) is 0.555. The van der Waals surface area contributed by atoms with Crippen LogP contribution in [0.4, 0.5) is 19.3 Å². The lowest BCUT2D eigenvalue weighted by Gasteiger charge is -2.36. The Labute approximate surface area is 179 Å². The van der Waals surface area contributed by atoms with Gasteiger partial charge in [0.15, 0.2) is 5.82 Å². The molecule has 0 unspecified atom stereocenters. The summed E-state index contributed by atoms with van der Waals surface area (Å²) in [4.78, 5) is 39.0. The summed E-state index contributed by atoms with van der Waals surface area (Å²) in [7, 11) is 1.91. The van der Waals surface area contributed by atoms with Gasteiger partial charge in [0, 0.05) is 38.2 Å². The zero-order valence-electron chi connectivity index (χ0n) is 18.3. The van der Waals surface area contributed by atoms with Gasteiger partial charge in [0.25, 0.3) is 0 Å². The predicted molar refractivity (Wildman–Crippen MR) is 109 cm³/mol. The van der Waals surface area contributed by atoms with Crippen molar-refractivity contribution in [3.8, 4) is 0 Å². The normalized spacial score (nSPS) is 17.1. The Morgan fingerprint density at radius 3 is 2.26 bits per heavy atom. The number of alkyl carbamates (subject to hydrolysis) is 1. The third kappa shape index (κ3) is 6.09. The number of hydrogen-bond donors (Lipinski definition) is 1. The number of nitrogens with one attached hydrogen (secondary N) is 1. The van der Waals surface area contributed by atoms with E-state index in [0.717, 1.165) is 12.1 Å². The first kappa shape index (κ1) is 24.4. The molecule has 1 aliphatic rings. The number of carbonyl (C=O) groups is 2. The Hall–Kier alpha value is -2.82. The van der Waals surface area contributed by atoms with Gasteiger partial charge in [0.2, 0.25) is 11.7 Å². The van der Waals surface area contributed by atoms with Crippen LogP contribution >= 0.6 is 0 Å². The van der Waals surface area contributed by atoms with Crippen LogP contribution in [-0.2, 0) is 9.53 Å². The van der Waals surface area contributed by atoms with Crippen LogP contribution in [0.15, 0.2) is 12.1 Å². The molecule has 2 atom stereocenters. The molecule has 1 aromatic carbocycles. The highest BCUT2D eigenvalue weighted by Crippen LogP contribution is 2.30. The van der Waals surface area contributed by atoms with Gasteiger partial charge in [0.05, 0.1) is 4.92 Å².